The van der Waals surface area contributed by atoms with E-state index in [9.17, 15) is 9.59 Å². The van der Waals surface area contributed by atoms with Gasteiger partial charge in [-0.1, -0.05) is 36.7 Å². The second-order valence-electron chi connectivity index (χ2n) is 7.13. The molecule has 3 rings (SSSR count). The molecular formula is C19H27Cl2N3O2. The Kier molecular flexibility index (Phi) is 7.74. The summed E-state index contributed by atoms with van der Waals surface area (Å²) in [7, 11) is 0. The second kappa shape index (κ2) is 9.58. The van der Waals surface area contributed by atoms with Crippen LogP contribution in [0.3, 0.4) is 0 Å². The zero-order valence-electron chi connectivity index (χ0n) is 15.1. The topological polar surface area (TPSA) is 52.7 Å². The lowest BCUT2D eigenvalue weighted by Crippen LogP contribution is -2.56. The van der Waals surface area contributed by atoms with E-state index >= 15 is 0 Å². The number of nitrogens with zero attached hydrogens (tertiary/aromatic N) is 2. The quantitative estimate of drug-likeness (QED) is 0.846. The Morgan fingerprint density at radius 1 is 1.23 bits per heavy atom. The molecular weight excluding hydrogens is 373 g/mol. The minimum absolute atomic E-state index is 0. The number of hydrogen-bond acceptors (Lipinski definition) is 3. The van der Waals surface area contributed by atoms with Crippen molar-refractivity contribution in [3.8, 4) is 0 Å². The molecule has 0 saturated carbocycles. The summed E-state index contributed by atoms with van der Waals surface area (Å²) in [6.07, 6.45) is 2.35. The highest BCUT2D eigenvalue weighted by Gasteiger charge is 2.32. The Morgan fingerprint density at radius 3 is 2.62 bits per heavy atom. The molecule has 0 radical (unpaired) electrons. The van der Waals surface area contributed by atoms with Crippen molar-refractivity contribution in [2.45, 2.75) is 38.8 Å². The van der Waals surface area contributed by atoms with Crippen LogP contribution in [0.5, 0.6) is 0 Å². The third-order valence-corrected chi connectivity index (χ3v) is 5.59. The number of hydrogen-bond donors (Lipinski definition) is 1. The van der Waals surface area contributed by atoms with E-state index in [2.05, 4.69) is 12.2 Å². The Morgan fingerprint density at radius 2 is 1.92 bits per heavy atom. The lowest BCUT2D eigenvalue weighted by Gasteiger charge is -2.35. The molecule has 7 heteroatoms. The molecule has 2 amide bonds. The molecule has 1 aromatic rings. The first-order valence-electron chi connectivity index (χ1n) is 9.08. The minimum Gasteiger partial charge on any atom is -0.343 e. The maximum absolute atomic E-state index is 12.8. The van der Waals surface area contributed by atoms with Crippen molar-refractivity contribution in [2.75, 3.05) is 26.2 Å². The number of benzene rings is 1. The van der Waals surface area contributed by atoms with Crippen molar-refractivity contribution in [3.05, 3.63) is 34.9 Å². The largest absolute Gasteiger partial charge is 0.343 e. The van der Waals surface area contributed by atoms with Gasteiger partial charge in [0.25, 0.3) is 0 Å². The standard InChI is InChI=1S/C19H26ClN3O2.ClH/c1-14-6-9-22(10-7-14)18(24)12-17-19(25)23(11-8-21-17)13-15-4-2-3-5-16(15)20;/h2-5,14,17,21H,6-13H2,1H3;1H. The fourth-order valence-corrected chi connectivity index (χ4v) is 3.70. The number of carbonyl (C=O) groups excluding carboxylic acids is 2. The molecule has 0 aromatic heterocycles. The van der Waals surface area contributed by atoms with E-state index in [0.717, 1.165) is 31.5 Å². The van der Waals surface area contributed by atoms with Gasteiger partial charge in [0, 0.05) is 37.7 Å². The molecule has 0 bridgehead atoms. The summed E-state index contributed by atoms with van der Waals surface area (Å²) in [5.41, 5.74) is 0.939. The van der Waals surface area contributed by atoms with Crippen LogP contribution >= 0.6 is 24.0 Å². The summed E-state index contributed by atoms with van der Waals surface area (Å²) >= 11 is 6.21. The van der Waals surface area contributed by atoms with Crippen molar-refractivity contribution in [2.24, 2.45) is 5.92 Å². The molecule has 144 valence electrons. The van der Waals surface area contributed by atoms with Gasteiger partial charge in [-0.3, -0.25) is 9.59 Å². The zero-order valence-corrected chi connectivity index (χ0v) is 16.7. The molecule has 1 unspecified atom stereocenters. The molecule has 2 aliphatic heterocycles. The highest BCUT2D eigenvalue weighted by Crippen LogP contribution is 2.20. The summed E-state index contributed by atoms with van der Waals surface area (Å²) in [5.74, 6) is 0.756. The van der Waals surface area contributed by atoms with Gasteiger partial charge >= 0.3 is 0 Å². The fourth-order valence-electron chi connectivity index (χ4n) is 3.50. The van der Waals surface area contributed by atoms with E-state index in [1.807, 2.05) is 29.2 Å². The molecule has 1 N–H and O–H groups in total. The van der Waals surface area contributed by atoms with Gasteiger partial charge in [-0.25, -0.2) is 0 Å². The molecule has 2 aliphatic rings. The summed E-state index contributed by atoms with van der Waals surface area (Å²) in [5, 5.41) is 3.88. The monoisotopic (exact) mass is 399 g/mol. The van der Waals surface area contributed by atoms with Crippen LogP contribution in [0.25, 0.3) is 0 Å². The maximum atomic E-state index is 12.8. The van der Waals surface area contributed by atoms with Crippen LogP contribution < -0.4 is 5.32 Å². The minimum atomic E-state index is -0.428. The molecule has 0 spiro atoms. The molecule has 2 saturated heterocycles. The van der Waals surface area contributed by atoms with Gasteiger partial charge in [-0.05, 0) is 30.4 Å². The van der Waals surface area contributed by atoms with Gasteiger partial charge in [0.15, 0.2) is 0 Å². The maximum Gasteiger partial charge on any atom is 0.240 e. The number of nitrogens with one attached hydrogen (secondary N) is 1. The van der Waals surface area contributed by atoms with Crippen LogP contribution in [0.4, 0.5) is 0 Å². The molecule has 2 heterocycles. The van der Waals surface area contributed by atoms with Crippen LogP contribution in [-0.4, -0.2) is 53.8 Å². The predicted molar refractivity (Wildman–Crippen MR) is 106 cm³/mol. The summed E-state index contributed by atoms with van der Waals surface area (Å²) in [6, 6.07) is 7.15. The van der Waals surface area contributed by atoms with Crippen molar-refractivity contribution in [1.82, 2.24) is 15.1 Å². The third kappa shape index (κ3) is 5.12. The Balaban J connectivity index is 0.00000243. The van der Waals surface area contributed by atoms with Crippen LogP contribution in [0.2, 0.25) is 5.02 Å². The molecule has 1 atom stereocenters. The van der Waals surface area contributed by atoms with Gasteiger partial charge in [-0.2, -0.15) is 0 Å². The number of piperazine rings is 1. The summed E-state index contributed by atoms with van der Waals surface area (Å²) < 4.78 is 0. The van der Waals surface area contributed by atoms with Crippen molar-refractivity contribution in [1.29, 1.82) is 0 Å². The van der Waals surface area contributed by atoms with Crippen molar-refractivity contribution >= 4 is 35.8 Å². The molecule has 0 aliphatic carbocycles. The van der Waals surface area contributed by atoms with Gasteiger partial charge in [-0.15, -0.1) is 12.4 Å². The van der Waals surface area contributed by atoms with Gasteiger partial charge < -0.3 is 15.1 Å². The average molecular weight is 400 g/mol. The number of amides is 2. The smallest absolute Gasteiger partial charge is 0.240 e. The number of carbonyl (C=O) groups is 2. The Labute approximate surface area is 166 Å². The number of piperidine rings is 1. The van der Waals surface area contributed by atoms with Crippen molar-refractivity contribution < 1.29 is 9.59 Å². The summed E-state index contributed by atoms with van der Waals surface area (Å²) in [6.45, 7) is 5.67. The fraction of sp³-hybridized carbons (Fsp3) is 0.579. The average Bonchev–Trinajstić information content (AvgIpc) is 2.61. The number of halogens is 2. The Bertz CT molecular complexity index is 633. The van der Waals surface area contributed by atoms with E-state index < -0.39 is 6.04 Å². The highest BCUT2D eigenvalue weighted by molar-refractivity contribution is 6.31. The van der Waals surface area contributed by atoms with Crippen LogP contribution in [0.15, 0.2) is 24.3 Å². The number of rotatable bonds is 4. The number of likely N-dealkylation sites (tertiary alicyclic amines) is 1. The van der Waals surface area contributed by atoms with Crippen LogP contribution in [-0.2, 0) is 16.1 Å². The first kappa shape index (κ1) is 21.0. The second-order valence-corrected chi connectivity index (χ2v) is 7.53. The molecule has 2 fully saturated rings. The van der Waals surface area contributed by atoms with E-state index in [0.29, 0.717) is 30.6 Å². The molecule has 1 aromatic carbocycles. The zero-order chi connectivity index (χ0) is 17.8. The van der Waals surface area contributed by atoms with E-state index in [-0.39, 0.29) is 30.6 Å². The third-order valence-electron chi connectivity index (χ3n) is 5.22. The first-order valence-corrected chi connectivity index (χ1v) is 9.45. The molecule has 26 heavy (non-hydrogen) atoms. The van der Waals surface area contributed by atoms with Gasteiger partial charge in [0.05, 0.1) is 12.5 Å². The lowest BCUT2D eigenvalue weighted by atomic mass is 9.98. The van der Waals surface area contributed by atoms with Crippen LogP contribution in [0, 0.1) is 5.92 Å². The normalized spacial score (nSPS) is 21.5. The van der Waals surface area contributed by atoms with Gasteiger partial charge in [0.2, 0.25) is 11.8 Å². The lowest BCUT2D eigenvalue weighted by molar-refractivity contribution is -0.142. The highest BCUT2D eigenvalue weighted by atomic mass is 35.5. The van der Waals surface area contributed by atoms with Crippen LogP contribution in [0.1, 0.15) is 31.7 Å². The first-order chi connectivity index (χ1) is 12.0. The SMILES string of the molecule is CC1CCN(C(=O)CC2NCCN(Cc3ccccc3Cl)C2=O)CC1.Cl. The van der Waals surface area contributed by atoms with E-state index in [1.54, 1.807) is 4.90 Å². The van der Waals surface area contributed by atoms with Gasteiger partial charge in [0.1, 0.15) is 0 Å². The van der Waals surface area contributed by atoms with E-state index in [1.165, 1.54) is 0 Å². The van der Waals surface area contributed by atoms with Crippen molar-refractivity contribution in [3.63, 3.8) is 0 Å². The van der Waals surface area contributed by atoms with E-state index in [4.69, 9.17) is 11.6 Å². The Hall–Kier alpha value is -1.30. The molecule has 5 nitrogen and oxygen atoms in total. The summed E-state index contributed by atoms with van der Waals surface area (Å²) in [4.78, 5) is 29.0. The predicted octanol–water partition coefficient (Wildman–Crippen LogP) is 2.71.